The van der Waals surface area contributed by atoms with Gasteiger partial charge in [-0.25, -0.2) is 13.1 Å². The molecule has 1 atom stereocenters. The lowest BCUT2D eigenvalue weighted by atomic mass is 10.1. The molecule has 0 radical (unpaired) electrons. The van der Waals surface area contributed by atoms with Crippen LogP contribution in [0, 0.1) is 0 Å². The van der Waals surface area contributed by atoms with E-state index in [-0.39, 0.29) is 17.5 Å². The van der Waals surface area contributed by atoms with Gasteiger partial charge in [-0.3, -0.25) is 4.79 Å². The molecule has 2 N–H and O–H groups in total. The number of nitrogens with one attached hydrogen (secondary N) is 2. The van der Waals surface area contributed by atoms with E-state index in [4.69, 9.17) is 4.74 Å². The van der Waals surface area contributed by atoms with Crippen LogP contribution in [0.3, 0.4) is 0 Å². The molecule has 0 aromatic heterocycles. The summed E-state index contributed by atoms with van der Waals surface area (Å²) in [5.74, 6) is 0.196. The number of carbonyl (C=O) groups is 1. The fraction of sp³-hybridized carbons (Fsp3) is 0.278. The molecule has 1 amide bonds. The van der Waals surface area contributed by atoms with Gasteiger partial charge in [0.2, 0.25) is 15.9 Å². The van der Waals surface area contributed by atoms with Crippen molar-refractivity contribution in [2.45, 2.75) is 24.8 Å². The zero-order valence-electron chi connectivity index (χ0n) is 14.2. The maximum absolute atomic E-state index is 12.2. The Morgan fingerprint density at radius 2 is 1.72 bits per heavy atom. The molecule has 0 aliphatic carbocycles. The van der Waals surface area contributed by atoms with Gasteiger partial charge in [-0.2, -0.15) is 0 Å². The zero-order valence-corrected chi connectivity index (χ0v) is 15.0. The summed E-state index contributed by atoms with van der Waals surface area (Å²) in [5, 5.41) is 2.76. The van der Waals surface area contributed by atoms with Crippen molar-refractivity contribution in [3.8, 4) is 5.75 Å². The quantitative estimate of drug-likeness (QED) is 0.754. The Hall–Kier alpha value is -2.38. The molecule has 6 nitrogen and oxygen atoms in total. The number of sulfonamides is 1. The lowest BCUT2D eigenvalue weighted by Gasteiger charge is -2.14. The summed E-state index contributed by atoms with van der Waals surface area (Å²) in [5.41, 5.74) is 0.949. The second kappa shape index (κ2) is 8.64. The molecule has 2 aromatic carbocycles. The van der Waals surface area contributed by atoms with Gasteiger partial charge < -0.3 is 10.1 Å². The number of amides is 1. The van der Waals surface area contributed by atoms with Gasteiger partial charge in [0.1, 0.15) is 5.75 Å². The molecular formula is C18H22N2O4S. The Bertz CT molecular complexity index is 790. The molecule has 2 aromatic rings. The number of benzene rings is 2. The Morgan fingerprint density at radius 1 is 1.08 bits per heavy atom. The summed E-state index contributed by atoms with van der Waals surface area (Å²) in [4.78, 5) is 12.1. The highest BCUT2D eigenvalue weighted by Gasteiger charge is 2.16. The summed E-state index contributed by atoms with van der Waals surface area (Å²) < 4.78 is 32.0. The second-order valence-electron chi connectivity index (χ2n) is 5.43. The van der Waals surface area contributed by atoms with E-state index in [1.807, 2.05) is 44.2 Å². The molecule has 0 aliphatic heterocycles. The van der Waals surface area contributed by atoms with Gasteiger partial charge in [0.25, 0.3) is 0 Å². The highest BCUT2D eigenvalue weighted by molar-refractivity contribution is 7.89. The molecule has 0 bridgehead atoms. The highest BCUT2D eigenvalue weighted by Crippen LogP contribution is 2.16. The van der Waals surface area contributed by atoms with Crippen LogP contribution in [0.5, 0.6) is 5.75 Å². The zero-order chi connectivity index (χ0) is 18.3. The van der Waals surface area contributed by atoms with Crippen LogP contribution in [0.15, 0.2) is 59.5 Å². The molecule has 7 heteroatoms. The van der Waals surface area contributed by atoms with E-state index < -0.39 is 15.9 Å². The summed E-state index contributed by atoms with van der Waals surface area (Å²) in [6, 6.07) is 15.3. The standard InChI is InChI=1S/C18H22N2O4S/c1-3-24-16-9-11-17(12-10-16)25(22,23)19-13-18(21)20-14(2)15-7-5-4-6-8-15/h4-12,14,19H,3,13H2,1-2H3,(H,20,21). The van der Waals surface area contributed by atoms with E-state index >= 15 is 0 Å². The van der Waals surface area contributed by atoms with Crippen LogP contribution >= 0.6 is 0 Å². The average Bonchev–Trinajstić information content (AvgIpc) is 2.61. The van der Waals surface area contributed by atoms with Crippen molar-refractivity contribution in [1.82, 2.24) is 10.0 Å². The average molecular weight is 362 g/mol. The SMILES string of the molecule is CCOc1ccc(S(=O)(=O)NCC(=O)NC(C)c2ccccc2)cc1. The van der Waals surface area contributed by atoms with Crippen molar-refractivity contribution >= 4 is 15.9 Å². The molecule has 134 valence electrons. The van der Waals surface area contributed by atoms with Crippen LogP contribution < -0.4 is 14.8 Å². The van der Waals surface area contributed by atoms with Crippen LogP contribution in [0.2, 0.25) is 0 Å². The summed E-state index contributed by atoms with van der Waals surface area (Å²) in [6.45, 7) is 3.87. The fourth-order valence-electron chi connectivity index (χ4n) is 2.24. The summed E-state index contributed by atoms with van der Waals surface area (Å²) in [7, 11) is -3.75. The molecule has 0 heterocycles. The first-order valence-electron chi connectivity index (χ1n) is 7.99. The van der Waals surface area contributed by atoms with Crippen molar-refractivity contribution in [2.24, 2.45) is 0 Å². The van der Waals surface area contributed by atoms with E-state index in [1.165, 1.54) is 12.1 Å². The molecule has 0 saturated carbocycles. The van der Waals surface area contributed by atoms with Gasteiger partial charge >= 0.3 is 0 Å². The first-order chi connectivity index (χ1) is 11.9. The van der Waals surface area contributed by atoms with Crippen LogP contribution in [-0.4, -0.2) is 27.5 Å². The smallest absolute Gasteiger partial charge is 0.241 e. The summed E-state index contributed by atoms with van der Waals surface area (Å²) in [6.07, 6.45) is 0. The second-order valence-corrected chi connectivity index (χ2v) is 7.20. The van der Waals surface area contributed by atoms with Gasteiger partial charge in [0.05, 0.1) is 24.1 Å². The van der Waals surface area contributed by atoms with Crippen molar-refractivity contribution in [1.29, 1.82) is 0 Å². The minimum atomic E-state index is -3.75. The van der Waals surface area contributed by atoms with E-state index in [0.717, 1.165) is 5.56 Å². The minimum absolute atomic E-state index is 0.0832. The fourth-order valence-corrected chi connectivity index (χ4v) is 3.23. The van der Waals surface area contributed by atoms with Gasteiger partial charge in [0, 0.05) is 0 Å². The largest absolute Gasteiger partial charge is 0.494 e. The minimum Gasteiger partial charge on any atom is -0.494 e. The van der Waals surface area contributed by atoms with Crippen molar-refractivity contribution < 1.29 is 17.9 Å². The molecule has 1 unspecified atom stereocenters. The lowest BCUT2D eigenvalue weighted by Crippen LogP contribution is -2.38. The van der Waals surface area contributed by atoms with Crippen LogP contribution in [0.25, 0.3) is 0 Å². The third-order valence-electron chi connectivity index (χ3n) is 3.54. The van der Waals surface area contributed by atoms with Gasteiger partial charge in [-0.05, 0) is 43.7 Å². The first-order valence-corrected chi connectivity index (χ1v) is 9.47. The lowest BCUT2D eigenvalue weighted by molar-refractivity contribution is -0.120. The number of hydrogen-bond acceptors (Lipinski definition) is 4. The molecule has 0 aliphatic rings. The number of carbonyl (C=O) groups excluding carboxylic acids is 1. The van der Waals surface area contributed by atoms with Crippen molar-refractivity contribution in [3.05, 3.63) is 60.2 Å². The third-order valence-corrected chi connectivity index (χ3v) is 4.96. The van der Waals surface area contributed by atoms with Crippen LogP contribution in [0.1, 0.15) is 25.5 Å². The van der Waals surface area contributed by atoms with Crippen LogP contribution in [0.4, 0.5) is 0 Å². The van der Waals surface area contributed by atoms with Gasteiger partial charge in [-0.1, -0.05) is 30.3 Å². The van der Waals surface area contributed by atoms with Gasteiger partial charge in [-0.15, -0.1) is 0 Å². The molecule has 0 fully saturated rings. The molecule has 2 rings (SSSR count). The highest BCUT2D eigenvalue weighted by atomic mass is 32.2. The van der Waals surface area contributed by atoms with E-state index in [9.17, 15) is 13.2 Å². The van der Waals surface area contributed by atoms with Crippen LogP contribution in [-0.2, 0) is 14.8 Å². The molecule has 0 spiro atoms. The van der Waals surface area contributed by atoms with E-state index in [2.05, 4.69) is 10.0 Å². The predicted molar refractivity (Wildman–Crippen MR) is 95.8 cm³/mol. The molecule has 0 saturated heterocycles. The number of rotatable bonds is 8. The maximum atomic E-state index is 12.2. The number of ether oxygens (including phenoxy) is 1. The summed E-state index contributed by atoms with van der Waals surface area (Å²) >= 11 is 0. The van der Waals surface area contributed by atoms with Gasteiger partial charge in [0.15, 0.2) is 0 Å². The predicted octanol–water partition coefficient (Wildman–Crippen LogP) is 2.24. The molecule has 25 heavy (non-hydrogen) atoms. The van der Waals surface area contributed by atoms with Crippen molar-refractivity contribution in [3.63, 3.8) is 0 Å². The third kappa shape index (κ3) is 5.58. The Labute approximate surface area is 148 Å². The Balaban J connectivity index is 1.91. The molecular weight excluding hydrogens is 340 g/mol. The van der Waals surface area contributed by atoms with E-state index in [0.29, 0.717) is 12.4 Å². The topological polar surface area (TPSA) is 84.5 Å². The first kappa shape index (κ1) is 19.0. The number of hydrogen-bond donors (Lipinski definition) is 2. The van der Waals surface area contributed by atoms with Crippen molar-refractivity contribution in [2.75, 3.05) is 13.2 Å². The normalized spacial score (nSPS) is 12.4. The van der Waals surface area contributed by atoms with E-state index in [1.54, 1.807) is 12.1 Å². The monoisotopic (exact) mass is 362 g/mol. The Kier molecular flexibility index (Phi) is 6.55. The maximum Gasteiger partial charge on any atom is 0.241 e. The Morgan fingerprint density at radius 3 is 2.32 bits per heavy atom.